The molecule has 445 valence electrons. The molecule has 2 aromatic carbocycles. The molecule has 0 aliphatic heterocycles. The quantitative estimate of drug-likeness (QED) is 0.0147. The summed E-state index contributed by atoms with van der Waals surface area (Å²) in [6, 6.07) is 14.6. The van der Waals surface area contributed by atoms with Crippen LogP contribution in [-0.4, -0.2) is 181 Å². The fourth-order valence-corrected chi connectivity index (χ4v) is 29.6. The Balaban J connectivity index is 2.32. The average molecular weight is 1170 g/mol. The summed E-state index contributed by atoms with van der Waals surface area (Å²) < 4.78 is 59.5. The van der Waals surface area contributed by atoms with Crippen molar-refractivity contribution < 1.29 is 55.5 Å². The first-order valence-electron chi connectivity index (χ1n) is 28.2. The minimum atomic E-state index is -3.87. The highest BCUT2D eigenvalue weighted by Crippen LogP contribution is 2.32. The van der Waals surface area contributed by atoms with Crippen LogP contribution in [0.1, 0.15) is 77.5 Å². The van der Waals surface area contributed by atoms with Crippen molar-refractivity contribution in [3.8, 4) is 0 Å². The second kappa shape index (κ2) is 37.2. The third-order valence-electron chi connectivity index (χ3n) is 12.6. The molecule has 0 fully saturated rings. The number of nitrogens with two attached hydrogens (primary N) is 2. The maximum atomic E-state index is 11.0. The highest BCUT2D eigenvalue weighted by molar-refractivity contribution is 6.94. The second-order valence-electron chi connectivity index (χ2n) is 22.4. The van der Waals surface area contributed by atoms with Crippen molar-refractivity contribution in [2.45, 2.75) is 174 Å². The minimum absolute atomic E-state index is 0.0243. The molecule has 0 saturated carbocycles. The Bertz CT molecular complexity index is 1920. The summed E-state index contributed by atoms with van der Waals surface area (Å²) in [4.78, 5) is 3.78. The maximum absolute atomic E-state index is 11.0. The highest BCUT2D eigenvalue weighted by atomic mass is 28.5. The van der Waals surface area contributed by atoms with Gasteiger partial charge in [-0.2, -0.15) is 0 Å². The number of aryl methyl sites for hydroxylation is 2. The monoisotopic (exact) mass is 1170 g/mol. The van der Waals surface area contributed by atoms with Crippen LogP contribution in [0, 0.1) is 6.92 Å². The highest BCUT2D eigenvalue weighted by Gasteiger charge is 2.54. The van der Waals surface area contributed by atoms with Crippen molar-refractivity contribution in [3.05, 3.63) is 65.4 Å². The molecule has 23 heteroatoms. The van der Waals surface area contributed by atoms with Crippen LogP contribution in [0.15, 0.2) is 48.7 Å². The van der Waals surface area contributed by atoms with Gasteiger partial charge in [-0.05, 0) is 148 Å². The Morgan fingerprint density at radius 1 is 0.701 bits per heavy atom. The normalized spacial score (nSPS) is 15.8. The van der Waals surface area contributed by atoms with Crippen LogP contribution in [0.4, 0.5) is 11.4 Å². The molecule has 0 spiro atoms. The van der Waals surface area contributed by atoms with Gasteiger partial charge in [-0.1, -0.05) is 56.8 Å². The SMILES string of the molecule is C=C(O)COCCC[Si](NC(C)COCC(C)N)O[Si](O[Si](C)(C)CCCOCC(O)CNc1c(CC)cc(CC)c(N)c1C)(O[Si](C)(C)O[Si](C)(C)CCCOCC(O)CNC(C)COCC(C)NC)c1ccccc1. The molecule has 0 amide bonds. The van der Waals surface area contributed by atoms with E-state index in [9.17, 15) is 15.3 Å². The summed E-state index contributed by atoms with van der Waals surface area (Å²) in [6.07, 6.45) is 2.50. The van der Waals surface area contributed by atoms with Crippen LogP contribution in [0.2, 0.25) is 57.4 Å². The van der Waals surface area contributed by atoms with Crippen LogP contribution in [0.5, 0.6) is 0 Å². The maximum Gasteiger partial charge on any atom is 0.508 e. The lowest BCUT2D eigenvalue weighted by Crippen LogP contribution is -2.69. The zero-order valence-corrected chi connectivity index (χ0v) is 54.9. The molecule has 2 aromatic rings. The molecule has 77 heavy (non-hydrogen) atoms. The molecule has 0 heterocycles. The summed E-state index contributed by atoms with van der Waals surface area (Å²) in [5.74, 6) is -0.0243. The number of nitrogen functional groups attached to an aromatic ring is 1. The van der Waals surface area contributed by atoms with Gasteiger partial charge in [-0.25, -0.2) is 0 Å². The van der Waals surface area contributed by atoms with E-state index in [-0.39, 0.29) is 49.7 Å². The van der Waals surface area contributed by atoms with Gasteiger partial charge < -0.3 is 87.9 Å². The number of ether oxygens (including phenoxy) is 5. The smallest absolute Gasteiger partial charge is 0.508 e. The van der Waals surface area contributed by atoms with Gasteiger partial charge in [0, 0.05) is 73.6 Å². The van der Waals surface area contributed by atoms with E-state index in [1.165, 1.54) is 5.56 Å². The fraction of sp³-hybridized carbons (Fsp3) is 0.741. The molecule has 18 nitrogen and oxygen atoms in total. The van der Waals surface area contributed by atoms with Crippen molar-refractivity contribution in [1.29, 1.82) is 0 Å². The van der Waals surface area contributed by atoms with Gasteiger partial charge in [0.2, 0.25) is 0 Å². The molecule has 0 aliphatic carbocycles. The van der Waals surface area contributed by atoms with Crippen LogP contribution < -0.4 is 37.6 Å². The Morgan fingerprint density at radius 3 is 1.84 bits per heavy atom. The summed E-state index contributed by atoms with van der Waals surface area (Å²) in [7, 11) is -12.0. The molecule has 11 N–H and O–H groups in total. The third-order valence-corrected chi connectivity index (χ3v) is 30.9. The number of benzene rings is 2. The van der Waals surface area contributed by atoms with Gasteiger partial charge in [0.05, 0.1) is 51.8 Å². The van der Waals surface area contributed by atoms with Crippen molar-refractivity contribution in [2.24, 2.45) is 5.73 Å². The van der Waals surface area contributed by atoms with Gasteiger partial charge in [-0.3, -0.25) is 0 Å². The molecule has 7 atom stereocenters. The summed E-state index contributed by atoms with van der Waals surface area (Å²) >= 11 is 0. The molecule has 0 bridgehead atoms. The van der Waals surface area contributed by atoms with Gasteiger partial charge in [0.1, 0.15) is 12.4 Å². The predicted octanol–water partition coefficient (Wildman–Crippen LogP) is 6.58. The fourth-order valence-electron chi connectivity index (χ4n) is 8.62. The van der Waals surface area contributed by atoms with E-state index in [4.69, 9.17) is 51.6 Å². The molecular formula is C54H107N6O12Si5. The second-order valence-corrected chi connectivity index (χ2v) is 39.8. The Hall–Kier alpha value is -1.94. The Labute approximate surface area is 471 Å². The standard InChI is InChI=1S/C54H107N6O12Si5/c1-16-48-32-49(17-2)54(47(8)53(48)56)59-34-51(63)41-66-28-23-31-75(12,13)71-77(52-24-19-18-20-25-52,69-73(29-21-26-64-39-46(7)61)60-45(6)38-67-35-42(3)55)72-76(14,15)70-74(10,11)30-22-27-65-40-50(62)33-58-44(5)37-68-36-43(4)57-9/h18-20,24-25,32,42-45,50-51,57-63H,7,16-17,21-23,26-31,33-41,55-56H2,1-6,8-15H3. The lowest BCUT2D eigenvalue weighted by Gasteiger charge is -2.44. The van der Waals surface area contributed by atoms with E-state index in [0.29, 0.717) is 78.2 Å². The van der Waals surface area contributed by atoms with Gasteiger partial charge >= 0.3 is 17.4 Å². The lowest BCUT2D eigenvalue weighted by atomic mass is 9.97. The van der Waals surface area contributed by atoms with Crippen LogP contribution >= 0.6 is 0 Å². The van der Waals surface area contributed by atoms with Gasteiger partial charge in [0.25, 0.3) is 9.20 Å². The molecule has 1 radical (unpaired) electrons. The molecule has 0 aliphatic rings. The van der Waals surface area contributed by atoms with Crippen LogP contribution in [0.3, 0.4) is 0 Å². The molecule has 2 rings (SSSR count). The molecule has 0 saturated heterocycles. The molecule has 0 aromatic heterocycles. The van der Waals surface area contributed by atoms with Crippen LogP contribution in [0.25, 0.3) is 0 Å². The van der Waals surface area contributed by atoms with E-state index in [1.54, 1.807) is 0 Å². The van der Waals surface area contributed by atoms with E-state index in [2.05, 4.69) is 101 Å². The Kier molecular flexibility index (Phi) is 34.4. The van der Waals surface area contributed by atoms with Gasteiger partial charge in [0.15, 0.2) is 16.6 Å². The first-order valence-corrected chi connectivity index (χ1v) is 40.5. The number of likely N-dealkylation sites (N-methyl/N-ethyl adjacent to an activating group) is 1. The number of hydrogen-bond acceptors (Lipinski definition) is 18. The van der Waals surface area contributed by atoms with Crippen molar-refractivity contribution in [2.75, 3.05) is 97.3 Å². The summed E-state index contributed by atoms with van der Waals surface area (Å²) in [6.45, 7) is 35.6. The third kappa shape index (κ3) is 30.1. The number of aliphatic hydroxyl groups is 3. The number of hydrogen-bond donors (Lipinski definition) is 9. The van der Waals surface area contributed by atoms with Crippen molar-refractivity contribution >= 4 is 59.8 Å². The van der Waals surface area contributed by atoms with Crippen LogP contribution in [-0.2, 0) is 53.0 Å². The van der Waals surface area contributed by atoms with E-state index in [0.717, 1.165) is 59.0 Å². The van der Waals surface area contributed by atoms with Crippen molar-refractivity contribution in [3.63, 3.8) is 0 Å². The van der Waals surface area contributed by atoms with E-state index < -0.39 is 55.4 Å². The van der Waals surface area contributed by atoms with Crippen molar-refractivity contribution in [1.82, 2.24) is 15.6 Å². The number of aliphatic hydroxyl groups excluding tert-OH is 3. The topological polar surface area (TPSA) is 244 Å². The lowest BCUT2D eigenvalue weighted by molar-refractivity contribution is 0.0326. The first kappa shape index (κ1) is 71.2. The number of rotatable bonds is 46. The summed E-state index contributed by atoms with van der Waals surface area (Å²) in [5.41, 5.74) is 17.6. The van der Waals surface area contributed by atoms with E-state index >= 15 is 0 Å². The molecule has 7 unspecified atom stereocenters. The summed E-state index contributed by atoms with van der Waals surface area (Å²) in [5, 5.41) is 42.2. The molecular weight excluding hydrogens is 1070 g/mol. The van der Waals surface area contributed by atoms with Gasteiger partial charge in [-0.15, -0.1) is 0 Å². The Morgan fingerprint density at radius 2 is 1.26 bits per heavy atom. The number of anilines is 2. The minimum Gasteiger partial charge on any atom is -0.510 e. The van der Waals surface area contributed by atoms with E-state index in [1.807, 2.05) is 58.2 Å². The average Bonchev–Trinajstić information content (AvgIpc) is 3.34. The zero-order valence-electron chi connectivity index (χ0n) is 49.9. The zero-order chi connectivity index (χ0) is 57.7. The first-order chi connectivity index (χ1) is 36.3. The predicted molar refractivity (Wildman–Crippen MR) is 326 cm³/mol. The largest absolute Gasteiger partial charge is 0.510 e. The number of nitrogens with one attached hydrogen (secondary N) is 4.